The van der Waals surface area contributed by atoms with Crippen molar-refractivity contribution in [2.75, 3.05) is 6.26 Å². The second kappa shape index (κ2) is 7.56. The van der Waals surface area contributed by atoms with Crippen LogP contribution in [0.5, 0.6) is 0 Å². The van der Waals surface area contributed by atoms with Crippen LogP contribution in [0.1, 0.15) is 20.3 Å². The van der Waals surface area contributed by atoms with Crippen LogP contribution in [-0.4, -0.2) is 6.26 Å². The lowest BCUT2D eigenvalue weighted by atomic mass is 10.3. The Balaban J connectivity index is 4.20. The Kier molecular flexibility index (Phi) is 7.51. The van der Waals surface area contributed by atoms with Crippen LogP contribution in [0.4, 0.5) is 0 Å². The molecule has 2 heteroatoms. The molecule has 0 unspecified atom stereocenters. The van der Waals surface area contributed by atoms with Crippen LogP contribution < -0.4 is 0 Å². The molecule has 0 aliphatic heterocycles. The zero-order valence-corrected chi connectivity index (χ0v) is 9.58. The molecule has 0 rings (SSSR count). The smallest absolute Gasteiger partial charge is 0.00294 e. The van der Waals surface area contributed by atoms with Crippen molar-refractivity contribution in [3.8, 4) is 0 Å². The minimum absolute atomic E-state index is 1.01. The second-order valence-corrected chi connectivity index (χ2v) is 3.66. The van der Waals surface area contributed by atoms with Crippen molar-refractivity contribution in [1.82, 2.24) is 0 Å². The normalized spacial score (nSPS) is 14.3. The third kappa shape index (κ3) is 5.56. The molecule has 0 spiro atoms. The van der Waals surface area contributed by atoms with Gasteiger partial charge in [-0.05, 0) is 36.7 Å². The second-order valence-electron chi connectivity index (χ2n) is 2.27. The molecule has 0 heterocycles. The fourth-order valence-corrected chi connectivity index (χ4v) is 1.30. The van der Waals surface area contributed by atoms with E-state index in [4.69, 9.17) is 0 Å². The summed E-state index contributed by atoms with van der Waals surface area (Å²) >= 11 is 6.01. The molecule has 0 nitrogen and oxygen atoms in total. The maximum Gasteiger partial charge on any atom is 0.00294 e. The highest BCUT2D eigenvalue weighted by Crippen LogP contribution is 2.15. The Morgan fingerprint density at radius 1 is 1.42 bits per heavy atom. The molecule has 0 radical (unpaired) electrons. The molecular formula is C10H16S2. The summed E-state index contributed by atoms with van der Waals surface area (Å²) in [4.78, 5) is 2.30. The summed E-state index contributed by atoms with van der Waals surface area (Å²) in [7, 11) is 0. The zero-order valence-electron chi connectivity index (χ0n) is 7.87. The highest BCUT2D eigenvalue weighted by molar-refractivity contribution is 8.02. The number of rotatable bonds is 4. The molecule has 68 valence electrons. The Morgan fingerprint density at radius 2 is 2.08 bits per heavy atom. The standard InChI is InChI=1S/C10H16S2/c1-4-6-10(12-3)8-7-9(11)5-2/h5-8,11H,4H2,1-3H3/b8-7-,9-5+,10-6?. The third-order valence-electron chi connectivity index (χ3n) is 1.36. The lowest BCUT2D eigenvalue weighted by molar-refractivity contribution is 1.22. The van der Waals surface area contributed by atoms with E-state index in [1.165, 1.54) is 4.91 Å². The van der Waals surface area contributed by atoms with Crippen molar-refractivity contribution in [2.24, 2.45) is 0 Å². The first-order chi connectivity index (χ1) is 5.74. The zero-order chi connectivity index (χ0) is 9.40. The van der Waals surface area contributed by atoms with E-state index in [-0.39, 0.29) is 0 Å². The first kappa shape index (κ1) is 11.9. The van der Waals surface area contributed by atoms with Crippen LogP contribution in [0.2, 0.25) is 0 Å². The number of hydrogen-bond acceptors (Lipinski definition) is 2. The largest absolute Gasteiger partial charge is 0.144 e. The molecule has 0 aromatic rings. The molecule has 0 N–H and O–H groups in total. The van der Waals surface area contributed by atoms with Crippen molar-refractivity contribution in [2.45, 2.75) is 20.3 Å². The van der Waals surface area contributed by atoms with Gasteiger partial charge in [-0.25, -0.2) is 0 Å². The van der Waals surface area contributed by atoms with E-state index in [1.807, 2.05) is 19.1 Å². The Labute approximate surface area is 85.2 Å². The van der Waals surface area contributed by atoms with Crippen molar-refractivity contribution in [3.63, 3.8) is 0 Å². The SMILES string of the molecule is C/C=C(S)\C=C/C(=CCC)SC. The van der Waals surface area contributed by atoms with Crippen LogP contribution in [0.15, 0.2) is 34.1 Å². The minimum atomic E-state index is 1.01. The van der Waals surface area contributed by atoms with Crippen LogP contribution >= 0.6 is 24.4 Å². The fraction of sp³-hybridized carbons (Fsp3) is 0.400. The first-order valence-corrected chi connectivity index (χ1v) is 5.69. The molecule has 0 aromatic heterocycles. The van der Waals surface area contributed by atoms with Gasteiger partial charge < -0.3 is 0 Å². The van der Waals surface area contributed by atoms with Crippen molar-refractivity contribution in [3.05, 3.63) is 34.1 Å². The molecule has 0 aliphatic carbocycles. The van der Waals surface area contributed by atoms with Gasteiger partial charge in [-0.3, -0.25) is 0 Å². The Bertz CT molecular complexity index is 200. The molecule has 0 fully saturated rings. The van der Waals surface area contributed by atoms with Crippen LogP contribution in [0, 0.1) is 0 Å². The van der Waals surface area contributed by atoms with Crippen LogP contribution in [-0.2, 0) is 0 Å². The van der Waals surface area contributed by atoms with Gasteiger partial charge in [-0.15, -0.1) is 24.4 Å². The molecule has 0 saturated heterocycles. The number of hydrogen-bond donors (Lipinski definition) is 1. The highest BCUT2D eigenvalue weighted by Gasteiger charge is 1.86. The molecule has 0 amide bonds. The summed E-state index contributed by atoms with van der Waals surface area (Å²) in [5, 5.41) is 0. The van der Waals surface area contributed by atoms with Crippen molar-refractivity contribution in [1.29, 1.82) is 0 Å². The van der Waals surface area contributed by atoms with E-state index in [0.29, 0.717) is 0 Å². The summed E-state index contributed by atoms with van der Waals surface area (Å²) in [6.45, 7) is 4.12. The summed E-state index contributed by atoms with van der Waals surface area (Å²) in [5.74, 6) is 0. The summed E-state index contributed by atoms with van der Waals surface area (Å²) in [5.41, 5.74) is 0. The first-order valence-electron chi connectivity index (χ1n) is 4.02. The summed E-state index contributed by atoms with van der Waals surface area (Å²) < 4.78 is 0. The van der Waals surface area contributed by atoms with E-state index in [0.717, 1.165) is 11.3 Å². The predicted octanol–water partition coefficient (Wildman–Crippen LogP) is 4.03. The third-order valence-corrected chi connectivity index (χ3v) is 2.54. The van der Waals surface area contributed by atoms with Gasteiger partial charge >= 0.3 is 0 Å². The lowest BCUT2D eigenvalue weighted by Crippen LogP contribution is -1.69. The molecule has 12 heavy (non-hydrogen) atoms. The molecule has 0 aromatic carbocycles. The van der Waals surface area contributed by atoms with Gasteiger partial charge in [0.15, 0.2) is 0 Å². The van der Waals surface area contributed by atoms with Gasteiger partial charge in [-0.2, -0.15) is 0 Å². The molecule has 0 aliphatic rings. The molecule has 0 atom stereocenters. The Hall–Kier alpha value is -0.0800. The number of allylic oxidation sites excluding steroid dienone is 4. The average Bonchev–Trinajstić information content (AvgIpc) is 2.11. The van der Waals surface area contributed by atoms with Gasteiger partial charge in [0.1, 0.15) is 0 Å². The molecular weight excluding hydrogens is 184 g/mol. The van der Waals surface area contributed by atoms with Gasteiger partial charge in [0.25, 0.3) is 0 Å². The fourth-order valence-electron chi connectivity index (χ4n) is 0.684. The van der Waals surface area contributed by atoms with Gasteiger partial charge in [0.2, 0.25) is 0 Å². The summed E-state index contributed by atoms with van der Waals surface area (Å²) in [6.07, 6.45) is 11.5. The van der Waals surface area contributed by atoms with Crippen LogP contribution in [0.25, 0.3) is 0 Å². The van der Waals surface area contributed by atoms with E-state index < -0.39 is 0 Å². The number of thiol groups is 1. The van der Waals surface area contributed by atoms with E-state index >= 15 is 0 Å². The van der Waals surface area contributed by atoms with Crippen LogP contribution in [0.3, 0.4) is 0 Å². The maximum absolute atomic E-state index is 4.25. The predicted molar refractivity (Wildman–Crippen MR) is 63.8 cm³/mol. The van der Waals surface area contributed by atoms with E-state index in [1.54, 1.807) is 11.8 Å². The monoisotopic (exact) mass is 200 g/mol. The van der Waals surface area contributed by atoms with Gasteiger partial charge in [0, 0.05) is 4.91 Å². The molecule has 0 saturated carbocycles. The van der Waals surface area contributed by atoms with Crippen molar-refractivity contribution >= 4 is 24.4 Å². The van der Waals surface area contributed by atoms with Crippen molar-refractivity contribution < 1.29 is 0 Å². The summed E-state index contributed by atoms with van der Waals surface area (Å²) in [6, 6.07) is 0. The quantitative estimate of drug-likeness (QED) is 0.528. The maximum atomic E-state index is 4.25. The van der Waals surface area contributed by atoms with E-state index in [2.05, 4.69) is 38.0 Å². The van der Waals surface area contributed by atoms with Gasteiger partial charge in [0.05, 0.1) is 0 Å². The topological polar surface area (TPSA) is 0 Å². The number of thioether (sulfide) groups is 1. The average molecular weight is 200 g/mol. The molecule has 0 bridgehead atoms. The minimum Gasteiger partial charge on any atom is -0.144 e. The Morgan fingerprint density at radius 3 is 2.50 bits per heavy atom. The highest BCUT2D eigenvalue weighted by atomic mass is 32.2. The van der Waals surface area contributed by atoms with Gasteiger partial charge in [-0.1, -0.05) is 19.1 Å². The lowest BCUT2D eigenvalue weighted by Gasteiger charge is -1.94. The van der Waals surface area contributed by atoms with E-state index in [9.17, 15) is 0 Å².